The maximum absolute atomic E-state index is 9.41. The molecule has 0 aliphatic heterocycles. The molecule has 128 valence electrons. The molecule has 0 heterocycles. The van der Waals surface area contributed by atoms with E-state index in [1.165, 1.54) is 0 Å². The van der Waals surface area contributed by atoms with E-state index in [1.807, 2.05) is 60.7 Å². The van der Waals surface area contributed by atoms with Crippen LogP contribution in [0.5, 0.6) is 0 Å². The Balaban J connectivity index is 0.000000314. The van der Waals surface area contributed by atoms with Crippen molar-refractivity contribution < 1.29 is 0 Å². The maximum atomic E-state index is 9.41. The smallest absolute Gasteiger partial charge is 0.0842 e. The van der Waals surface area contributed by atoms with Crippen molar-refractivity contribution >= 4 is 0 Å². The van der Waals surface area contributed by atoms with Crippen LogP contribution >= 0.6 is 0 Å². The fourth-order valence-corrected chi connectivity index (χ4v) is 2.57. The van der Waals surface area contributed by atoms with E-state index in [1.54, 1.807) is 0 Å². The van der Waals surface area contributed by atoms with Crippen molar-refractivity contribution in [1.29, 1.82) is 21.0 Å². The van der Waals surface area contributed by atoms with Gasteiger partial charge in [0.1, 0.15) is 0 Å². The Hall–Kier alpha value is -3.60. The lowest BCUT2D eigenvalue weighted by atomic mass is 9.75. The molecule has 0 fully saturated rings. The summed E-state index contributed by atoms with van der Waals surface area (Å²) < 4.78 is 0. The molecule has 0 bridgehead atoms. The SMILES string of the molecule is N#CCCC(C#N)(CCC#N)c1ccccc1.N#CCc1ccccc1. The van der Waals surface area contributed by atoms with Crippen LogP contribution in [0.3, 0.4) is 0 Å². The van der Waals surface area contributed by atoms with Gasteiger partial charge in [-0.1, -0.05) is 60.7 Å². The molecule has 0 aliphatic rings. The summed E-state index contributed by atoms with van der Waals surface area (Å²) in [5.74, 6) is 0. The molecule has 0 spiro atoms. The van der Waals surface area contributed by atoms with Crippen LogP contribution in [-0.4, -0.2) is 0 Å². The van der Waals surface area contributed by atoms with Crippen molar-refractivity contribution in [3.8, 4) is 24.3 Å². The third-order valence-electron chi connectivity index (χ3n) is 3.99. The molecule has 0 aliphatic carbocycles. The van der Waals surface area contributed by atoms with Gasteiger partial charge in [0.25, 0.3) is 0 Å². The van der Waals surface area contributed by atoms with Gasteiger partial charge < -0.3 is 0 Å². The Labute approximate surface area is 155 Å². The number of hydrogen-bond donors (Lipinski definition) is 0. The maximum Gasteiger partial charge on any atom is 0.0842 e. The summed E-state index contributed by atoms with van der Waals surface area (Å²) in [6.07, 6.45) is 2.12. The average Bonchev–Trinajstić information content (AvgIpc) is 2.71. The second-order valence-electron chi connectivity index (χ2n) is 5.70. The summed E-state index contributed by atoms with van der Waals surface area (Å²) in [4.78, 5) is 0. The number of nitriles is 4. The lowest BCUT2D eigenvalue weighted by Gasteiger charge is -2.25. The molecule has 4 heteroatoms. The predicted octanol–water partition coefficient (Wildman–Crippen LogP) is 4.81. The van der Waals surface area contributed by atoms with Crippen LogP contribution in [0.25, 0.3) is 0 Å². The minimum atomic E-state index is -0.702. The summed E-state index contributed by atoms with van der Waals surface area (Å²) >= 11 is 0. The zero-order valence-corrected chi connectivity index (χ0v) is 14.6. The van der Waals surface area contributed by atoms with Crippen LogP contribution in [0.1, 0.15) is 36.8 Å². The highest BCUT2D eigenvalue weighted by Gasteiger charge is 2.31. The van der Waals surface area contributed by atoms with E-state index in [4.69, 9.17) is 15.8 Å². The second-order valence-corrected chi connectivity index (χ2v) is 5.70. The third-order valence-corrected chi connectivity index (χ3v) is 3.99. The van der Waals surface area contributed by atoms with E-state index in [2.05, 4.69) is 24.3 Å². The van der Waals surface area contributed by atoms with E-state index in [-0.39, 0.29) is 0 Å². The molecule has 0 saturated heterocycles. The molecule has 0 radical (unpaired) electrons. The molecule has 0 aromatic heterocycles. The summed E-state index contributed by atoms with van der Waals surface area (Å²) in [6, 6.07) is 27.7. The highest BCUT2D eigenvalue weighted by atomic mass is 14.4. The number of hydrogen-bond acceptors (Lipinski definition) is 4. The Kier molecular flexibility index (Phi) is 9.33. The fraction of sp³-hybridized carbons (Fsp3) is 0.273. The van der Waals surface area contributed by atoms with Crippen LogP contribution in [0, 0.1) is 45.3 Å². The van der Waals surface area contributed by atoms with E-state index >= 15 is 0 Å². The van der Waals surface area contributed by atoms with Gasteiger partial charge in [0.05, 0.1) is 36.1 Å². The Bertz CT molecular complexity index is 797. The number of rotatable bonds is 6. The first-order valence-electron chi connectivity index (χ1n) is 8.34. The average molecular weight is 340 g/mol. The number of benzene rings is 2. The summed E-state index contributed by atoms with van der Waals surface area (Å²) in [7, 11) is 0. The first-order valence-corrected chi connectivity index (χ1v) is 8.34. The summed E-state index contributed by atoms with van der Waals surface area (Å²) in [5.41, 5.74) is 1.28. The van der Waals surface area contributed by atoms with Gasteiger partial charge in [0.15, 0.2) is 0 Å². The first kappa shape index (κ1) is 20.4. The Morgan fingerprint density at radius 2 is 1.15 bits per heavy atom. The lowest BCUT2D eigenvalue weighted by molar-refractivity contribution is 0.477. The highest BCUT2D eigenvalue weighted by Crippen LogP contribution is 2.33. The van der Waals surface area contributed by atoms with E-state index in [0.717, 1.165) is 11.1 Å². The van der Waals surface area contributed by atoms with Crippen molar-refractivity contribution in [2.24, 2.45) is 0 Å². The molecule has 4 nitrogen and oxygen atoms in total. The zero-order valence-electron chi connectivity index (χ0n) is 14.6. The molecule has 0 unspecified atom stereocenters. The van der Waals surface area contributed by atoms with Crippen molar-refractivity contribution in [2.45, 2.75) is 37.5 Å². The molecule has 0 atom stereocenters. The van der Waals surface area contributed by atoms with Crippen molar-refractivity contribution in [1.82, 2.24) is 0 Å². The molecule has 0 saturated carbocycles. The minimum Gasteiger partial charge on any atom is -0.198 e. The Morgan fingerprint density at radius 3 is 1.58 bits per heavy atom. The molecular weight excluding hydrogens is 320 g/mol. The molecule has 2 aromatic rings. The van der Waals surface area contributed by atoms with Gasteiger partial charge in [-0.05, 0) is 24.0 Å². The van der Waals surface area contributed by atoms with Crippen LogP contribution in [0.15, 0.2) is 60.7 Å². The van der Waals surface area contributed by atoms with Gasteiger partial charge in [0, 0.05) is 12.8 Å². The topological polar surface area (TPSA) is 95.2 Å². The second kappa shape index (κ2) is 11.9. The van der Waals surface area contributed by atoms with E-state index in [9.17, 15) is 5.26 Å². The molecular formula is C22H20N4. The molecule has 2 rings (SSSR count). The van der Waals surface area contributed by atoms with Gasteiger partial charge in [-0.2, -0.15) is 21.0 Å². The summed E-state index contributed by atoms with van der Waals surface area (Å²) in [6.45, 7) is 0. The molecule has 0 N–H and O–H groups in total. The van der Waals surface area contributed by atoms with Crippen molar-refractivity contribution in [2.75, 3.05) is 0 Å². The Morgan fingerprint density at radius 1 is 0.654 bits per heavy atom. The van der Waals surface area contributed by atoms with Gasteiger partial charge in [0.2, 0.25) is 0 Å². The van der Waals surface area contributed by atoms with Gasteiger partial charge in [-0.25, -0.2) is 0 Å². The third kappa shape index (κ3) is 6.49. The van der Waals surface area contributed by atoms with Crippen LogP contribution in [0.4, 0.5) is 0 Å². The van der Waals surface area contributed by atoms with Gasteiger partial charge in [-0.15, -0.1) is 0 Å². The zero-order chi connectivity index (χ0) is 19.1. The normalized spacial score (nSPS) is 9.38. The van der Waals surface area contributed by atoms with Crippen molar-refractivity contribution in [3.05, 3.63) is 71.8 Å². The number of nitrogens with zero attached hydrogens (tertiary/aromatic N) is 4. The van der Waals surface area contributed by atoms with Crippen LogP contribution < -0.4 is 0 Å². The standard InChI is InChI=1S/C14H13N3.C8H7N/c15-10-4-8-14(12-17,9-5-11-16)13-6-2-1-3-7-13;9-7-6-8-4-2-1-3-5-8/h1-3,6-7H,4-5,8-9H2;1-5H,6H2. The fourth-order valence-electron chi connectivity index (χ4n) is 2.57. The molecule has 2 aromatic carbocycles. The lowest BCUT2D eigenvalue weighted by Crippen LogP contribution is -2.23. The van der Waals surface area contributed by atoms with E-state index in [0.29, 0.717) is 32.1 Å². The molecule has 0 amide bonds. The quantitative estimate of drug-likeness (QED) is 0.754. The van der Waals surface area contributed by atoms with Crippen LogP contribution in [-0.2, 0) is 11.8 Å². The largest absolute Gasteiger partial charge is 0.198 e. The van der Waals surface area contributed by atoms with Crippen LogP contribution in [0.2, 0.25) is 0 Å². The van der Waals surface area contributed by atoms with Crippen molar-refractivity contribution in [3.63, 3.8) is 0 Å². The summed E-state index contributed by atoms with van der Waals surface area (Å²) in [5, 5.41) is 35.0. The van der Waals surface area contributed by atoms with Gasteiger partial charge in [-0.3, -0.25) is 0 Å². The first-order chi connectivity index (χ1) is 12.7. The van der Waals surface area contributed by atoms with Gasteiger partial charge >= 0.3 is 0 Å². The minimum absolute atomic E-state index is 0.327. The monoisotopic (exact) mass is 340 g/mol. The predicted molar refractivity (Wildman–Crippen MR) is 99.2 cm³/mol. The highest BCUT2D eigenvalue weighted by molar-refractivity contribution is 5.32. The van der Waals surface area contributed by atoms with E-state index < -0.39 is 5.41 Å². The molecule has 26 heavy (non-hydrogen) atoms.